The Bertz CT molecular complexity index is 1740. The third-order valence-corrected chi connectivity index (χ3v) is 6.39. The predicted octanol–water partition coefficient (Wildman–Crippen LogP) is 2.92. The number of carbonyl (C=O) groups excluding carboxylic acids is 2. The number of carboxylic acids is 1. The maximum atomic E-state index is 14.4. The number of aromatic carboxylic acids is 1. The number of hydrogen-bond donors (Lipinski definition) is 4. The molecule has 2 aromatic heterocycles. The summed E-state index contributed by atoms with van der Waals surface area (Å²) in [5.74, 6) is -6.37. The van der Waals surface area contributed by atoms with Crippen molar-refractivity contribution in [2.24, 2.45) is 0 Å². The molecular formula is C26H18F5N5O6. The molecule has 0 saturated heterocycles. The van der Waals surface area contributed by atoms with Crippen molar-refractivity contribution >= 4 is 23.4 Å². The molecular weight excluding hydrogens is 573 g/mol. The van der Waals surface area contributed by atoms with E-state index in [1.54, 1.807) is 0 Å². The monoisotopic (exact) mass is 591 g/mol. The third kappa shape index (κ3) is 5.69. The second kappa shape index (κ2) is 10.7. The van der Waals surface area contributed by atoms with Crippen LogP contribution in [0.1, 0.15) is 54.1 Å². The highest BCUT2D eigenvalue weighted by molar-refractivity contribution is 5.98. The van der Waals surface area contributed by atoms with Crippen LogP contribution in [0.3, 0.4) is 0 Å². The van der Waals surface area contributed by atoms with Gasteiger partial charge in [0.1, 0.15) is 11.4 Å². The second-order valence-electron chi connectivity index (χ2n) is 9.19. The van der Waals surface area contributed by atoms with E-state index in [1.807, 2.05) is 0 Å². The lowest BCUT2D eigenvalue weighted by Gasteiger charge is -2.18. The number of carbonyl (C=O) groups is 3. The zero-order chi connectivity index (χ0) is 30.3. The Kier molecular flexibility index (Phi) is 7.24. The highest BCUT2D eigenvalue weighted by atomic mass is 19.4. The summed E-state index contributed by atoms with van der Waals surface area (Å²) >= 11 is 0. The smallest absolute Gasteiger partial charge is 0.478 e. The number of aliphatic hydroxyl groups excluding tert-OH is 1. The summed E-state index contributed by atoms with van der Waals surface area (Å²) in [6.45, 7) is -0.410. The molecule has 0 saturated carbocycles. The highest BCUT2D eigenvalue weighted by Crippen LogP contribution is 2.33. The number of hydrogen-bond acceptors (Lipinski definition) is 7. The van der Waals surface area contributed by atoms with Gasteiger partial charge in [-0.15, -0.1) is 13.2 Å². The lowest BCUT2D eigenvalue weighted by Crippen LogP contribution is -2.35. The Morgan fingerprint density at radius 3 is 2.52 bits per heavy atom. The van der Waals surface area contributed by atoms with E-state index in [2.05, 4.69) is 25.5 Å². The van der Waals surface area contributed by atoms with Crippen LogP contribution in [0.2, 0.25) is 0 Å². The van der Waals surface area contributed by atoms with E-state index in [1.165, 1.54) is 18.2 Å². The predicted molar refractivity (Wildman–Crippen MR) is 131 cm³/mol. The van der Waals surface area contributed by atoms with Crippen molar-refractivity contribution in [1.82, 2.24) is 25.2 Å². The van der Waals surface area contributed by atoms with Crippen molar-refractivity contribution < 1.29 is 51.3 Å². The van der Waals surface area contributed by atoms with Gasteiger partial charge in [-0.25, -0.2) is 23.1 Å². The van der Waals surface area contributed by atoms with Crippen molar-refractivity contribution in [2.45, 2.75) is 31.5 Å². The minimum Gasteiger partial charge on any atom is -0.478 e. The first kappa shape index (κ1) is 28.4. The molecule has 218 valence electrons. The first-order valence-corrected chi connectivity index (χ1v) is 12.0. The van der Waals surface area contributed by atoms with Crippen LogP contribution in [0.4, 0.5) is 22.0 Å². The number of carboxylic acid groups (broad SMARTS) is 1. The average Bonchev–Trinajstić information content (AvgIpc) is 3.45. The summed E-state index contributed by atoms with van der Waals surface area (Å²) in [7, 11) is 0. The number of nitrogens with zero attached hydrogens (tertiary/aromatic N) is 3. The zero-order valence-electron chi connectivity index (χ0n) is 20.9. The van der Waals surface area contributed by atoms with Crippen LogP contribution < -0.4 is 15.4 Å². The quantitative estimate of drug-likeness (QED) is 0.239. The van der Waals surface area contributed by atoms with Crippen molar-refractivity contribution in [3.05, 3.63) is 93.9 Å². The Labute approximate surface area is 231 Å². The largest absolute Gasteiger partial charge is 0.573 e. The number of rotatable bonds is 7. The molecule has 0 unspecified atom stereocenters. The van der Waals surface area contributed by atoms with Crippen LogP contribution >= 0.6 is 0 Å². The second-order valence-corrected chi connectivity index (χ2v) is 9.19. The summed E-state index contributed by atoms with van der Waals surface area (Å²) < 4.78 is 70.1. The van der Waals surface area contributed by atoms with Crippen molar-refractivity contribution in [1.29, 1.82) is 0 Å². The molecule has 16 heteroatoms. The highest BCUT2D eigenvalue weighted by Gasteiger charge is 2.34. The van der Waals surface area contributed by atoms with Gasteiger partial charge >= 0.3 is 12.3 Å². The minimum absolute atomic E-state index is 0.00354. The fourth-order valence-corrected chi connectivity index (χ4v) is 4.51. The molecule has 1 aliphatic rings. The lowest BCUT2D eigenvalue weighted by atomic mass is 10.0. The fraction of sp³-hybridized carbons (Fsp3) is 0.192. The van der Waals surface area contributed by atoms with Gasteiger partial charge < -0.3 is 25.6 Å². The Morgan fingerprint density at radius 1 is 1.05 bits per heavy atom. The molecule has 0 fully saturated rings. The number of benzene rings is 2. The van der Waals surface area contributed by atoms with Crippen LogP contribution in [0.25, 0.3) is 5.65 Å². The Morgan fingerprint density at radius 2 is 1.81 bits per heavy atom. The normalized spacial score (nSPS) is 16.2. The van der Waals surface area contributed by atoms with Gasteiger partial charge in [0, 0.05) is 19.0 Å². The van der Waals surface area contributed by atoms with Gasteiger partial charge in [0.05, 0.1) is 23.9 Å². The number of halogens is 5. The van der Waals surface area contributed by atoms with Gasteiger partial charge in [-0.2, -0.15) is 5.10 Å². The topological polar surface area (TPSA) is 155 Å². The van der Waals surface area contributed by atoms with Crippen molar-refractivity contribution in [3.8, 4) is 5.75 Å². The van der Waals surface area contributed by atoms with E-state index in [0.717, 1.165) is 35.0 Å². The number of nitrogens with one attached hydrogen (secondary N) is 2. The standard InChI is InChI=1S/C26H18F5N5O6/c27-15-4-1-11(5-20(15)42-26(29,30)31)9-32-23(38)17-8-18(36-22(34-17)16(28)10-33-36)24(39)35-21-14-3-2-12(25(40)41)6-13(14)7-19(21)37/h1-6,8,10,19,21,37H,7,9H2,(H,32,38)(H,35,39)(H,40,41)/t19-,21-/m1/s1. The van der Waals surface area contributed by atoms with E-state index in [4.69, 9.17) is 0 Å². The first-order chi connectivity index (χ1) is 19.8. The van der Waals surface area contributed by atoms with Crippen molar-refractivity contribution in [2.75, 3.05) is 0 Å². The number of fused-ring (bicyclic) bond motifs is 2. The van der Waals surface area contributed by atoms with Crippen LogP contribution in [-0.2, 0) is 13.0 Å². The molecule has 11 nitrogen and oxygen atoms in total. The van der Waals surface area contributed by atoms with Crippen LogP contribution in [0.15, 0.2) is 48.7 Å². The van der Waals surface area contributed by atoms with Gasteiger partial charge in [-0.05, 0) is 41.0 Å². The van der Waals surface area contributed by atoms with E-state index >= 15 is 0 Å². The average molecular weight is 591 g/mol. The molecule has 2 atom stereocenters. The molecule has 1 aliphatic carbocycles. The molecule has 0 spiro atoms. The van der Waals surface area contributed by atoms with Crippen LogP contribution in [-0.4, -0.2) is 55.1 Å². The number of ether oxygens (including phenoxy) is 1. The van der Waals surface area contributed by atoms with Crippen molar-refractivity contribution in [3.63, 3.8) is 0 Å². The Hall–Kier alpha value is -5.12. The van der Waals surface area contributed by atoms with E-state index in [-0.39, 0.29) is 23.2 Å². The summed E-state index contributed by atoms with van der Waals surface area (Å²) in [6, 6.07) is 6.72. The van der Waals surface area contributed by atoms with Crippen LogP contribution in [0, 0.1) is 11.6 Å². The molecule has 2 aromatic carbocycles. The lowest BCUT2D eigenvalue weighted by molar-refractivity contribution is -0.275. The van der Waals surface area contributed by atoms with Gasteiger partial charge in [-0.3, -0.25) is 9.59 Å². The molecule has 42 heavy (non-hydrogen) atoms. The maximum absolute atomic E-state index is 14.4. The minimum atomic E-state index is -5.15. The van der Waals surface area contributed by atoms with Gasteiger partial charge in [0.2, 0.25) is 0 Å². The molecule has 4 N–H and O–H groups in total. The Balaban J connectivity index is 1.38. The summed E-state index contributed by atoms with van der Waals surface area (Å²) in [5.41, 5.74) is -0.311. The SMILES string of the molecule is O=C(O)c1ccc2c(c1)C[C@@H](O)[C@@H]2NC(=O)c1cc(C(=O)NCc2ccc(F)c(OC(F)(F)F)c2)nc2c(F)cnn12. The summed E-state index contributed by atoms with van der Waals surface area (Å²) in [5, 5.41) is 28.5. The summed E-state index contributed by atoms with van der Waals surface area (Å²) in [6.07, 6.45) is -5.46. The van der Waals surface area contributed by atoms with Gasteiger partial charge in [0.25, 0.3) is 11.8 Å². The van der Waals surface area contributed by atoms with E-state index < -0.39 is 71.6 Å². The molecule has 0 aliphatic heterocycles. The molecule has 2 amide bonds. The number of alkyl halides is 3. The first-order valence-electron chi connectivity index (χ1n) is 12.0. The molecule has 0 bridgehead atoms. The number of aromatic nitrogens is 3. The molecule has 4 aromatic rings. The zero-order valence-corrected chi connectivity index (χ0v) is 20.9. The third-order valence-electron chi connectivity index (χ3n) is 6.39. The maximum Gasteiger partial charge on any atom is 0.573 e. The van der Waals surface area contributed by atoms with Gasteiger partial charge in [0.15, 0.2) is 23.0 Å². The molecule has 0 radical (unpaired) electrons. The van der Waals surface area contributed by atoms with Crippen LogP contribution in [0.5, 0.6) is 5.75 Å². The molecule has 2 heterocycles. The number of amides is 2. The van der Waals surface area contributed by atoms with E-state index in [9.17, 15) is 46.5 Å². The van der Waals surface area contributed by atoms with E-state index in [0.29, 0.717) is 11.1 Å². The summed E-state index contributed by atoms with van der Waals surface area (Å²) in [4.78, 5) is 41.3. The fourth-order valence-electron chi connectivity index (χ4n) is 4.51. The molecule has 5 rings (SSSR count). The number of aliphatic hydroxyl groups is 1. The van der Waals surface area contributed by atoms with Gasteiger partial charge in [-0.1, -0.05) is 12.1 Å².